The van der Waals surface area contributed by atoms with Crippen LogP contribution in [0.4, 0.5) is 0 Å². The van der Waals surface area contributed by atoms with Crippen LogP contribution in [0.3, 0.4) is 0 Å². The lowest BCUT2D eigenvalue weighted by Gasteiger charge is -2.35. The van der Waals surface area contributed by atoms with E-state index in [1.807, 2.05) is 64.4 Å². The smallest absolute Gasteiger partial charge is 0.243 e. The van der Waals surface area contributed by atoms with Crippen LogP contribution in [0.15, 0.2) is 29.8 Å². The van der Waals surface area contributed by atoms with Crippen LogP contribution in [-0.4, -0.2) is 58.1 Å². The number of unbranched alkanes of at least 4 members (excludes halogenated alkanes) is 3. The molecule has 0 unspecified atom stereocenters. The lowest BCUT2D eigenvalue weighted by atomic mass is 9.85. The molecule has 4 atom stereocenters. The molecule has 206 valence electrons. The minimum atomic E-state index is -0.726. The van der Waals surface area contributed by atoms with Gasteiger partial charge in [0.05, 0.1) is 34.3 Å². The summed E-state index contributed by atoms with van der Waals surface area (Å²) in [5.74, 6) is 2.27. The molecular weight excluding hydrogens is 496 g/mol. The second-order valence-electron chi connectivity index (χ2n) is 11.3. The first-order valence-corrected chi connectivity index (χ1v) is 14.4. The van der Waals surface area contributed by atoms with E-state index in [-0.39, 0.29) is 36.2 Å². The van der Waals surface area contributed by atoms with Crippen molar-refractivity contribution in [3.63, 3.8) is 0 Å². The molecule has 8 heteroatoms. The molecule has 3 N–H and O–H groups in total. The van der Waals surface area contributed by atoms with Gasteiger partial charge >= 0.3 is 0 Å². The molecule has 0 bridgehead atoms. The molecule has 0 saturated carbocycles. The zero-order valence-electron chi connectivity index (χ0n) is 23.3. The Hall–Kier alpha value is -2.73. The molecule has 1 fully saturated rings. The molecule has 1 aliphatic rings. The highest BCUT2D eigenvalue weighted by molar-refractivity contribution is 7.13. The molecule has 2 heterocycles. The van der Waals surface area contributed by atoms with Gasteiger partial charge in [0, 0.05) is 19.4 Å². The van der Waals surface area contributed by atoms with Crippen molar-refractivity contribution < 1.29 is 14.7 Å². The van der Waals surface area contributed by atoms with Gasteiger partial charge in [-0.15, -0.1) is 23.7 Å². The van der Waals surface area contributed by atoms with Crippen molar-refractivity contribution >= 4 is 23.2 Å². The van der Waals surface area contributed by atoms with E-state index in [1.54, 1.807) is 16.2 Å². The van der Waals surface area contributed by atoms with Crippen LogP contribution < -0.4 is 10.6 Å². The zero-order valence-corrected chi connectivity index (χ0v) is 24.1. The third-order valence-corrected chi connectivity index (χ3v) is 8.08. The van der Waals surface area contributed by atoms with Gasteiger partial charge in [-0.25, -0.2) is 4.98 Å². The summed E-state index contributed by atoms with van der Waals surface area (Å²) in [6.45, 7) is 10.8. The van der Waals surface area contributed by atoms with E-state index in [4.69, 9.17) is 6.42 Å². The second-order valence-corrected chi connectivity index (χ2v) is 12.1. The first kappa shape index (κ1) is 29.8. The van der Waals surface area contributed by atoms with Crippen molar-refractivity contribution in [3.05, 3.63) is 41.0 Å². The number of rotatable bonds is 11. The van der Waals surface area contributed by atoms with Gasteiger partial charge in [0.2, 0.25) is 11.8 Å². The lowest BCUT2D eigenvalue weighted by molar-refractivity contribution is -0.142. The zero-order chi connectivity index (χ0) is 27.9. The standard InChI is InChI=1S/C30H42N4O3S/c1-7-8-9-10-11-16-31-27(30(4,5)6)29(37)34-18-24(35)17-25(34)28(36)33-20(2)22-12-14-23(15-13-22)26-21(3)32-19-38-26/h1,12-15,19-20,24-25,27,31,35H,8-11,16-18H2,2-6H3,(H,33,36)/t20-,24+,25-,27+/m0/s1. The number of likely N-dealkylation sites (tertiary alicyclic amines) is 1. The number of carbonyl (C=O) groups is 2. The normalized spacial score (nSPS) is 19.1. The summed E-state index contributed by atoms with van der Waals surface area (Å²) in [5, 5.41) is 16.9. The molecule has 2 aromatic rings. The highest BCUT2D eigenvalue weighted by Gasteiger charge is 2.44. The number of hydrogen-bond acceptors (Lipinski definition) is 6. The fraction of sp³-hybridized carbons (Fsp3) is 0.567. The molecule has 0 aliphatic carbocycles. The Balaban J connectivity index is 1.65. The van der Waals surface area contributed by atoms with Gasteiger partial charge in [0.25, 0.3) is 0 Å². The van der Waals surface area contributed by atoms with Crippen LogP contribution in [-0.2, 0) is 9.59 Å². The van der Waals surface area contributed by atoms with Gasteiger partial charge in [0.1, 0.15) is 6.04 Å². The monoisotopic (exact) mass is 538 g/mol. The van der Waals surface area contributed by atoms with E-state index < -0.39 is 18.2 Å². The summed E-state index contributed by atoms with van der Waals surface area (Å²) < 4.78 is 0. The van der Waals surface area contributed by atoms with Crippen LogP contribution in [0.1, 0.15) is 77.1 Å². The minimum Gasteiger partial charge on any atom is -0.391 e. The molecule has 1 aliphatic heterocycles. The van der Waals surface area contributed by atoms with E-state index >= 15 is 0 Å². The van der Waals surface area contributed by atoms with Crippen LogP contribution in [0.25, 0.3) is 10.4 Å². The summed E-state index contributed by atoms with van der Waals surface area (Å²) in [4.78, 5) is 34.1. The Morgan fingerprint density at radius 2 is 1.95 bits per heavy atom. The van der Waals surface area contributed by atoms with Crippen LogP contribution in [0.2, 0.25) is 0 Å². The van der Waals surface area contributed by atoms with E-state index in [0.29, 0.717) is 6.54 Å². The highest BCUT2D eigenvalue weighted by Crippen LogP contribution is 2.29. The number of aliphatic hydroxyl groups excluding tert-OH is 1. The Kier molecular flexibility index (Phi) is 10.5. The maximum atomic E-state index is 13.7. The van der Waals surface area contributed by atoms with Crippen LogP contribution >= 0.6 is 11.3 Å². The van der Waals surface area contributed by atoms with E-state index in [0.717, 1.165) is 47.4 Å². The number of nitrogens with zero attached hydrogens (tertiary/aromatic N) is 2. The fourth-order valence-electron chi connectivity index (χ4n) is 4.91. The largest absolute Gasteiger partial charge is 0.391 e. The number of thiazole rings is 1. The number of benzene rings is 1. The molecular formula is C30H42N4O3S. The molecule has 38 heavy (non-hydrogen) atoms. The van der Waals surface area contributed by atoms with E-state index in [9.17, 15) is 14.7 Å². The first-order chi connectivity index (χ1) is 18.0. The van der Waals surface area contributed by atoms with Gasteiger partial charge in [-0.1, -0.05) is 51.5 Å². The van der Waals surface area contributed by atoms with Crippen LogP contribution in [0.5, 0.6) is 0 Å². The Bertz CT molecular complexity index is 1120. The Morgan fingerprint density at radius 1 is 1.24 bits per heavy atom. The maximum absolute atomic E-state index is 13.7. The summed E-state index contributed by atoms with van der Waals surface area (Å²) in [5.41, 5.74) is 4.56. The molecule has 7 nitrogen and oxygen atoms in total. The molecule has 3 rings (SSSR count). The summed E-state index contributed by atoms with van der Waals surface area (Å²) in [6.07, 6.45) is 8.49. The number of aliphatic hydroxyl groups is 1. The number of nitrogens with one attached hydrogen (secondary N) is 2. The molecule has 2 amide bonds. The van der Waals surface area contributed by atoms with E-state index in [1.165, 1.54) is 0 Å². The van der Waals surface area contributed by atoms with Crippen molar-refractivity contribution in [2.24, 2.45) is 5.41 Å². The van der Waals surface area contributed by atoms with Crippen molar-refractivity contribution in [3.8, 4) is 22.8 Å². The number of hydrogen-bond donors (Lipinski definition) is 3. The minimum absolute atomic E-state index is 0.144. The summed E-state index contributed by atoms with van der Waals surface area (Å²) >= 11 is 1.61. The second kappa shape index (κ2) is 13.4. The quantitative estimate of drug-likeness (QED) is 0.290. The van der Waals surface area contributed by atoms with Gasteiger partial charge in [-0.05, 0) is 49.8 Å². The van der Waals surface area contributed by atoms with Gasteiger partial charge < -0.3 is 20.6 Å². The summed E-state index contributed by atoms with van der Waals surface area (Å²) in [7, 11) is 0. The lowest BCUT2D eigenvalue weighted by Crippen LogP contribution is -2.56. The van der Waals surface area contributed by atoms with Crippen LogP contribution in [0, 0.1) is 24.7 Å². The third-order valence-electron chi connectivity index (χ3n) is 7.10. The Morgan fingerprint density at radius 3 is 2.55 bits per heavy atom. The first-order valence-electron chi connectivity index (χ1n) is 13.5. The highest BCUT2D eigenvalue weighted by atomic mass is 32.1. The number of carbonyl (C=O) groups excluding carboxylic acids is 2. The van der Waals surface area contributed by atoms with Gasteiger partial charge in [0.15, 0.2) is 0 Å². The van der Waals surface area contributed by atoms with E-state index in [2.05, 4.69) is 21.5 Å². The molecule has 1 aromatic carbocycles. The topological polar surface area (TPSA) is 94.6 Å². The average molecular weight is 539 g/mol. The van der Waals surface area contributed by atoms with Crippen molar-refractivity contribution in [1.29, 1.82) is 0 Å². The predicted octanol–water partition coefficient (Wildman–Crippen LogP) is 4.46. The number of β-amino-alcohol motifs (C(OH)–C–C–N with tert-alkyl or cyclic N) is 1. The van der Waals surface area contributed by atoms with Gasteiger partial charge in [-0.2, -0.15) is 0 Å². The van der Waals surface area contributed by atoms with Crippen molar-refractivity contribution in [2.45, 2.75) is 91.0 Å². The Labute approximate surface area is 231 Å². The number of aromatic nitrogens is 1. The molecule has 1 saturated heterocycles. The molecule has 0 radical (unpaired) electrons. The number of terminal acetylenes is 1. The molecule has 1 aromatic heterocycles. The summed E-state index contributed by atoms with van der Waals surface area (Å²) in [6, 6.07) is 6.69. The molecule has 0 spiro atoms. The average Bonchev–Trinajstić information content (AvgIpc) is 3.48. The maximum Gasteiger partial charge on any atom is 0.243 e. The SMILES string of the molecule is C#CCCCCCN[C@H](C(=O)N1C[C@H](O)C[C@H]1C(=O)N[C@@H](C)c1ccc(-c2scnc2C)cc1)C(C)(C)C. The number of aryl methyl sites for hydroxylation is 1. The van der Waals surface area contributed by atoms with Crippen molar-refractivity contribution in [1.82, 2.24) is 20.5 Å². The predicted molar refractivity (Wildman–Crippen MR) is 154 cm³/mol. The third kappa shape index (κ3) is 7.66. The van der Waals surface area contributed by atoms with Crippen molar-refractivity contribution in [2.75, 3.05) is 13.1 Å². The fourth-order valence-corrected chi connectivity index (χ4v) is 5.72. The number of amides is 2. The van der Waals surface area contributed by atoms with Gasteiger partial charge in [-0.3, -0.25) is 9.59 Å².